The number of methoxy groups -OCH3 is 1. The van der Waals surface area contributed by atoms with Crippen molar-refractivity contribution in [2.45, 2.75) is 19.9 Å². The Labute approximate surface area is 133 Å². The highest BCUT2D eigenvalue weighted by Gasteiger charge is 2.17. The van der Waals surface area contributed by atoms with Crippen molar-refractivity contribution >= 4 is 28.8 Å². The molecular formula is C15H17ClN2O2S. The highest BCUT2D eigenvalue weighted by atomic mass is 35.5. The number of aryl methyl sites for hydroxylation is 1. The number of aromatic nitrogens is 1. The predicted molar refractivity (Wildman–Crippen MR) is 85.7 cm³/mol. The zero-order valence-corrected chi connectivity index (χ0v) is 13.7. The van der Waals surface area contributed by atoms with Gasteiger partial charge in [0, 0.05) is 17.7 Å². The largest absolute Gasteiger partial charge is 0.375 e. The standard InChI is InChI=1S/C15H17ClN2O2S/c1-9(17-13(19)8-20-3)14-10(2)18-15(21-14)11-4-6-12(16)7-5-11/h4-7,9H,8H2,1-3H3,(H,17,19)/t9-/m1/s1. The van der Waals surface area contributed by atoms with Gasteiger partial charge in [0.05, 0.1) is 16.6 Å². The van der Waals surface area contributed by atoms with Gasteiger partial charge in [-0.2, -0.15) is 0 Å². The van der Waals surface area contributed by atoms with Crippen LogP contribution in [0.15, 0.2) is 24.3 Å². The van der Waals surface area contributed by atoms with Crippen molar-refractivity contribution in [2.24, 2.45) is 0 Å². The van der Waals surface area contributed by atoms with Gasteiger partial charge in [0.15, 0.2) is 0 Å². The molecule has 1 aromatic heterocycles. The molecule has 4 nitrogen and oxygen atoms in total. The minimum absolute atomic E-state index is 0.0617. The Hall–Kier alpha value is -1.43. The lowest BCUT2D eigenvalue weighted by Crippen LogP contribution is -2.29. The third kappa shape index (κ3) is 4.03. The van der Waals surface area contributed by atoms with E-state index in [1.807, 2.05) is 38.1 Å². The molecule has 1 aromatic carbocycles. The van der Waals surface area contributed by atoms with Crippen molar-refractivity contribution in [3.63, 3.8) is 0 Å². The molecule has 1 amide bonds. The van der Waals surface area contributed by atoms with Crippen LogP contribution in [-0.2, 0) is 9.53 Å². The fourth-order valence-electron chi connectivity index (χ4n) is 2.01. The maximum atomic E-state index is 11.6. The Morgan fingerprint density at radius 1 is 1.43 bits per heavy atom. The zero-order valence-electron chi connectivity index (χ0n) is 12.1. The summed E-state index contributed by atoms with van der Waals surface area (Å²) in [5.74, 6) is -0.133. The molecule has 0 unspecified atom stereocenters. The molecule has 1 N–H and O–H groups in total. The molecule has 0 aliphatic carbocycles. The Morgan fingerprint density at radius 3 is 2.71 bits per heavy atom. The van der Waals surface area contributed by atoms with Crippen molar-refractivity contribution in [3.8, 4) is 10.6 Å². The summed E-state index contributed by atoms with van der Waals surface area (Å²) in [6.07, 6.45) is 0. The summed E-state index contributed by atoms with van der Waals surface area (Å²) >= 11 is 7.47. The molecule has 112 valence electrons. The normalized spacial score (nSPS) is 12.2. The molecular weight excluding hydrogens is 308 g/mol. The second kappa shape index (κ2) is 7.02. The van der Waals surface area contributed by atoms with Crippen LogP contribution in [0, 0.1) is 6.92 Å². The van der Waals surface area contributed by atoms with Crippen molar-refractivity contribution < 1.29 is 9.53 Å². The minimum Gasteiger partial charge on any atom is -0.375 e. The van der Waals surface area contributed by atoms with E-state index in [1.54, 1.807) is 11.3 Å². The Balaban J connectivity index is 2.18. The fourth-order valence-corrected chi connectivity index (χ4v) is 3.21. The highest BCUT2D eigenvalue weighted by Crippen LogP contribution is 2.32. The Bertz CT molecular complexity index is 625. The Morgan fingerprint density at radius 2 is 2.10 bits per heavy atom. The van der Waals surface area contributed by atoms with Gasteiger partial charge < -0.3 is 10.1 Å². The lowest BCUT2D eigenvalue weighted by atomic mass is 10.2. The van der Waals surface area contributed by atoms with Gasteiger partial charge >= 0.3 is 0 Å². The van der Waals surface area contributed by atoms with Gasteiger partial charge in [-0.3, -0.25) is 4.79 Å². The van der Waals surface area contributed by atoms with Crippen LogP contribution < -0.4 is 5.32 Å². The quantitative estimate of drug-likeness (QED) is 0.914. The summed E-state index contributed by atoms with van der Waals surface area (Å²) in [5, 5.41) is 4.52. The number of hydrogen-bond acceptors (Lipinski definition) is 4. The lowest BCUT2D eigenvalue weighted by Gasteiger charge is -2.12. The van der Waals surface area contributed by atoms with Gasteiger partial charge in [-0.1, -0.05) is 23.7 Å². The molecule has 21 heavy (non-hydrogen) atoms. The number of carbonyl (C=O) groups excluding carboxylic acids is 1. The van der Waals surface area contributed by atoms with Crippen molar-refractivity contribution in [1.82, 2.24) is 10.3 Å². The van der Waals surface area contributed by atoms with Gasteiger partial charge in [0.1, 0.15) is 11.6 Å². The number of benzene rings is 1. The van der Waals surface area contributed by atoms with Crippen molar-refractivity contribution in [1.29, 1.82) is 0 Å². The molecule has 6 heteroatoms. The monoisotopic (exact) mass is 324 g/mol. The van der Waals surface area contributed by atoms with E-state index in [1.165, 1.54) is 7.11 Å². The number of hydrogen-bond donors (Lipinski definition) is 1. The third-order valence-electron chi connectivity index (χ3n) is 2.97. The SMILES string of the molecule is COCC(=O)N[C@H](C)c1sc(-c2ccc(Cl)cc2)nc1C. The van der Waals surface area contributed by atoms with Crippen LogP contribution in [0.1, 0.15) is 23.5 Å². The Kier molecular flexibility index (Phi) is 5.33. The molecule has 0 radical (unpaired) electrons. The maximum absolute atomic E-state index is 11.6. The predicted octanol–water partition coefficient (Wildman–Crippen LogP) is 3.60. The zero-order chi connectivity index (χ0) is 15.4. The van der Waals surface area contributed by atoms with Gasteiger partial charge in [-0.05, 0) is 26.0 Å². The van der Waals surface area contributed by atoms with Crippen molar-refractivity contribution in [2.75, 3.05) is 13.7 Å². The van der Waals surface area contributed by atoms with Crippen LogP contribution in [0.4, 0.5) is 0 Å². The fraction of sp³-hybridized carbons (Fsp3) is 0.333. The molecule has 0 saturated heterocycles. The molecule has 0 aliphatic heterocycles. The van der Waals surface area contributed by atoms with Gasteiger partial charge in [-0.25, -0.2) is 4.98 Å². The summed E-state index contributed by atoms with van der Waals surface area (Å²) in [4.78, 5) is 17.2. The van der Waals surface area contributed by atoms with E-state index >= 15 is 0 Å². The van der Waals surface area contributed by atoms with E-state index in [4.69, 9.17) is 16.3 Å². The number of ether oxygens (including phenoxy) is 1. The first-order valence-electron chi connectivity index (χ1n) is 6.53. The summed E-state index contributed by atoms with van der Waals surface area (Å²) in [6, 6.07) is 7.48. The average molecular weight is 325 g/mol. The van der Waals surface area contributed by atoms with E-state index in [-0.39, 0.29) is 18.6 Å². The maximum Gasteiger partial charge on any atom is 0.246 e. The summed E-state index contributed by atoms with van der Waals surface area (Å²) < 4.78 is 4.82. The summed E-state index contributed by atoms with van der Waals surface area (Å²) in [7, 11) is 1.50. The molecule has 1 heterocycles. The number of halogens is 1. The second-order valence-corrected chi connectivity index (χ2v) is 6.16. The molecule has 0 aliphatic rings. The number of amides is 1. The van der Waals surface area contributed by atoms with E-state index in [0.717, 1.165) is 21.1 Å². The van der Waals surface area contributed by atoms with E-state index in [2.05, 4.69) is 10.3 Å². The number of thiazole rings is 1. The molecule has 0 spiro atoms. The number of carbonyl (C=O) groups is 1. The van der Waals surface area contributed by atoms with Crippen LogP contribution >= 0.6 is 22.9 Å². The minimum atomic E-state index is -0.133. The van der Waals surface area contributed by atoms with E-state index < -0.39 is 0 Å². The molecule has 0 fully saturated rings. The molecule has 2 rings (SSSR count). The van der Waals surface area contributed by atoms with Crippen molar-refractivity contribution in [3.05, 3.63) is 39.9 Å². The van der Waals surface area contributed by atoms with Crippen LogP contribution in [0.25, 0.3) is 10.6 Å². The third-order valence-corrected chi connectivity index (χ3v) is 4.61. The van der Waals surface area contributed by atoms with Gasteiger partial charge in [-0.15, -0.1) is 11.3 Å². The van der Waals surface area contributed by atoms with E-state index in [9.17, 15) is 4.79 Å². The first-order chi connectivity index (χ1) is 10.0. The van der Waals surface area contributed by atoms with Crippen LogP contribution in [0.2, 0.25) is 5.02 Å². The number of nitrogens with zero attached hydrogens (tertiary/aromatic N) is 1. The van der Waals surface area contributed by atoms with Gasteiger partial charge in [0.2, 0.25) is 5.91 Å². The average Bonchev–Trinajstić information content (AvgIpc) is 2.82. The number of nitrogens with one attached hydrogen (secondary N) is 1. The lowest BCUT2D eigenvalue weighted by molar-refractivity contribution is -0.125. The molecule has 1 atom stereocenters. The summed E-state index contributed by atoms with van der Waals surface area (Å²) in [6.45, 7) is 3.95. The summed E-state index contributed by atoms with van der Waals surface area (Å²) in [5.41, 5.74) is 1.95. The molecule has 0 bridgehead atoms. The topological polar surface area (TPSA) is 51.2 Å². The van der Waals surface area contributed by atoms with Gasteiger partial charge in [0.25, 0.3) is 0 Å². The smallest absolute Gasteiger partial charge is 0.246 e. The molecule has 0 saturated carbocycles. The first kappa shape index (κ1) is 15.9. The van der Waals surface area contributed by atoms with Crippen LogP contribution in [0.5, 0.6) is 0 Å². The van der Waals surface area contributed by atoms with Crippen LogP contribution in [0.3, 0.4) is 0 Å². The van der Waals surface area contributed by atoms with Crippen LogP contribution in [-0.4, -0.2) is 24.6 Å². The second-order valence-electron chi connectivity index (χ2n) is 4.70. The first-order valence-corrected chi connectivity index (χ1v) is 7.72. The van der Waals surface area contributed by atoms with E-state index in [0.29, 0.717) is 5.02 Å². The highest BCUT2D eigenvalue weighted by molar-refractivity contribution is 7.15. The molecule has 2 aromatic rings. The number of rotatable bonds is 5.